The molecule has 0 saturated heterocycles. The van der Waals surface area contributed by atoms with Gasteiger partial charge in [-0.05, 0) is 24.3 Å². The van der Waals surface area contributed by atoms with Gasteiger partial charge in [-0.2, -0.15) is 0 Å². The molecule has 0 aliphatic heterocycles. The summed E-state index contributed by atoms with van der Waals surface area (Å²) in [6.45, 7) is 0. The van der Waals surface area contributed by atoms with Crippen molar-refractivity contribution in [1.29, 1.82) is 0 Å². The molecule has 6 nitrogen and oxygen atoms in total. The Labute approximate surface area is 108 Å². The average molecular weight is 258 g/mol. The van der Waals surface area contributed by atoms with Crippen molar-refractivity contribution in [3.63, 3.8) is 0 Å². The quantitative estimate of drug-likeness (QED) is 0.502. The van der Waals surface area contributed by atoms with Gasteiger partial charge < -0.3 is 10.2 Å². The lowest BCUT2D eigenvalue weighted by molar-refractivity contribution is -0.384. The molecule has 0 fully saturated rings. The third-order valence-electron chi connectivity index (χ3n) is 2.43. The Morgan fingerprint density at radius 1 is 1.11 bits per heavy atom. The van der Waals surface area contributed by atoms with E-state index in [1.54, 1.807) is 0 Å². The van der Waals surface area contributed by atoms with Crippen LogP contribution in [0, 0.1) is 10.1 Å². The SMILES string of the molecule is O=[N+]([O-])c1ccc(N=Cc2ccc(O)cc2O)cc1. The third kappa shape index (κ3) is 3.06. The maximum Gasteiger partial charge on any atom is 0.269 e. The lowest BCUT2D eigenvalue weighted by Crippen LogP contribution is -1.86. The van der Waals surface area contributed by atoms with Crippen LogP contribution in [0.25, 0.3) is 0 Å². The van der Waals surface area contributed by atoms with Crippen LogP contribution in [0.15, 0.2) is 47.5 Å². The fourth-order valence-electron chi connectivity index (χ4n) is 1.45. The number of non-ortho nitro benzene ring substituents is 1. The number of phenolic OH excluding ortho intramolecular Hbond substituents is 2. The molecule has 96 valence electrons. The number of hydrogen-bond acceptors (Lipinski definition) is 5. The van der Waals surface area contributed by atoms with E-state index in [0.29, 0.717) is 11.3 Å². The highest BCUT2D eigenvalue weighted by atomic mass is 16.6. The van der Waals surface area contributed by atoms with E-state index in [4.69, 9.17) is 5.11 Å². The van der Waals surface area contributed by atoms with Gasteiger partial charge in [0.05, 0.1) is 10.6 Å². The summed E-state index contributed by atoms with van der Waals surface area (Å²) in [4.78, 5) is 14.1. The van der Waals surface area contributed by atoms with Gasteiger partial charge in [-0.25, -0.2) is 0 Å². The summed E-state index contributed by atoms with van der Waals surface area (Å²) in [5.41, 5.74) is 0.959. The van der Waals surface area contributed by atoms with Gasteiger partial charge in [0.2, 0.25) is 0 Å². The summed E-state index contributed by atoms with van der Waals surface area (Å²) < 4.78 is 0. The summed E-state index contributed by atoms with van der Waals surface area (Å²) in [5, 5.41) is 29.2. The largest absolute Gasteiger partial charge is 0.508 e. The summed E-state index contributed by atoms with van der Waals surface area (Å²) in [7, 11) is 0. The summed E-state index contributed by atoms with van der Waals surface area (Å²) in [6.07, 6.45) is 1.41. The second kappa shape index (κ2) is 5.18. The molecule has 0 saturated carbocycles. The van der Waals surface area contributed by atoms with Gasteiger partial charge in [-0.3, -0.25) is 15.1 Å². The van der Waals surface area contributed by atoms with Gasteiger partial charge in [0, 0.05) is 30.0 Å². The molecule has 2 N–H and O–H groups in total. The molecule has 2 aromatic rings. The fraction of sp³-hybridized carbons (Fsp3) is 0. The van der Waals surface area contributed by atoms with E-state index >= 15 is 0 Å². The molecule has 0 unspecified atom stereocenters. The fourth-order valence-corrected chi connectivity index (χ4v) is 1.45. The number of hydrogen-bond donors (Lipinski definition) is 2. The molecule has 0 radical (unpaired) electrons. The molecule has 19 heavy (non-hydrogen) atoms. The lowest BCUT2D eigenvalue weighted by Gasteiger charge is -1.99. The van der Waals surface area contributed by atoms with Crippen molar-refractivity contribution in [2.24, 2.45) is 4.99 Å². The zero-order valence-electron chi connectivity index (χ0n) is 9.72. The Hall–Kier alpha value is -2.89. The Balaban J connectivity index is 2.20. The second-order valence-corrected chi connectivity index (χ2v) is 3.77. The van der Waals surface area contributed by atoms with E-state index in [1.807, 2.05) is 0 Å². The topological polar surface area (TPSA) is 96.0 Å². The predicted molar refractivity (Wildman–Crippen MR) is 70.1 cm³/mol. The highest BCUT2D eigenvalue weighted by Crippen LogP contribution is 2.22. The van der Waals surface area contributed by atoms with E-state index in [2.05, 4.69) is 4.99 Å². The molecule has 0 spiro atoms. The molecular weight excluding hydrogens is 248 g/mol. The van der Waals surface area contributed by atoms with Gasteiger partial charge in [0.25, 0.3) is 5.69 Å². The average Bonchev–Trinajstić information content (AvgIpc) is 2.38. The van der Waals surface area contributed by atoms with Crippen molar-refractivity contribution in [3.05, 3.63) is 58.1 Å². The molecular formula is C13H10N2O4. The van der Waals surface area contributed by atoms with Crippen LogP contribution < -0.4 is 0 Å². The van der Waals surface area contributed by atoms with Crippen molar-refractivity contribution in [3.8, 4) is 11.5 Å². The van der Waals surface area contributed by atoms with Crippen LogP contribution in [0.5, 0.6) is 11.5 Å². The van der Waals surface area contributed by atoms with Crippen molar-refractivity contribution >= 4 is 17.6 Å². The van der Waals surface area contributed by atoms with Crippen molar-refractivity contribution in [2.75, 3.05) is 0 Å². The Morgan fingerprint density at radius 3 is 2.37 bits per heavy atom. The smallest absolute Gasteiger partial charge is 0.269 e. The number of aliphatic imine (C=N–C) groups is 1. The Kier molecular flexibility index (Phi) is 3.42. The van der Waals surface area contributed by atoms with Crippen LogP contribution >= 0.6 is 0 Å². The van der Waals surface area contributed by atoms with Crippen LogP contribution in [0.2, 0.25) is 0 Å². The first-order valence-electron chi connectivity index (χ1n) is 5.37. The highest BCUT2D eigenvalue weighted by Gasteiger charge is 2.03. The van der Waals surface area contributed by atoms with Crippen LogP contribution in [0.4, 0.5) is 11.4 Å². The number of benzene rings is 2. The van der Waals surface area contributed by atoms with E-state index in [9.17, 15) is 15.2 Å². The number of nitro groups is 1. The zero-order valence-corrected chi connectivity index (χ0v) is 9.72. The number of aromatic hydroxyl groups is 2. The molecule has 0 aliphatic carbocycles. The standard InChI is InChI=1S/C13H10N2O4/c16-12-6-1-9(13(17)7-12)8-14-10-2-4-11(5-3-10)15(18)19/h1-8,16-17H. The van der Waals surface area contributed by atoms with Crippen LogP contribution in [0.3, 0.4) is 0 Å². The monoisotopic (exact) mass is 258 g/mol. The molecule has 6 heteroatoms. The molecule has 0 bridgehead atoms. The zero-order chi connectivity index (χ0) is 13.8. The van der Waals surface area contributed by atoms with E-state index in [1.165, 1.54) is 48.7 Å². The van der Waals surface area contributed by atoms with Gasteiger partial charge in [-0.1, -0.05) is 0 Å². The number of phenols is 2. The minimum Gasteiger partial charge on any atom is -0.508 e. The molecule has 2 aromatic carbocycles. The van der Waals surface area contributed by atoms with E-state index in [0.717, 1.165) is 0 Å². The summed E-state index contributed by atoms with van der Waals surface area (Å²) in [6, 6.07) is 9.86. The van der Waals surface area contributed by atoms with Crippen molar-refractivity contribution < 1.29 is 15.1 Å². The van der Waals surface area contributed by atoms with E-state index < -0.39 is 4.92 Å². The molecule has 2 rings (SSSR count). The predicted octanol–water partition coefficient (Wildman–Crippen LogP) is 2.76. The Bertz CT molecular complexity index is 636. The first kappa shape index (κ1) is 12.6. The number of nitrogens with zero attached hydrogens (tertiary/aromatic N) is 2. The van der Waals surface area contributed by atoms with Crippen LogP contribution in [0.1, 0.15) is 5.56 Å². The maximum atomic E-state index is 10.5. The maximum absolute atomic E-state index is 10.5. The van der Waals surface area contributed by atoms with Crippen molar-refractivity contribution in [1.82, 2.24) is 0 Å². The number of nitro benzene ring substituents is 1. The van der Waals surface area contributed by atoms with Crippen molar-refractivity contribution in [2.45, 2.75) is 0 Å². The minimum atomic E-state index is -0.487. The highest BCUT2D eigenvalue weighted by molar-refractivity contribution is 5.85. The summed E-state index contributed by atoms with van der Waals surface area (Å²) in [5.74, 6) is -0.129. The van der Waals surface area contributed by atoms with Gasteiger partial charge >= 0.3 is 0 Å². The van der Waals surface area contributed by atoms with Gasteiger partial charge in [-0.15, -0.1) is 0 Å². The van der Waals surface area contributed by atoms with Crippen LogP contribution in [-0.4, -0.2) is 21.4 Å². The minimum absolute atomic E-state index is 0.00793. The molecule has 0 amide bonds. The van der Waals surface area contributed by atoms with Crippen LogP contribution in [-0.2, 0) is 0 Å². The molecule has 0 heterocycles. The first-order chi connectivity index (χ1) is 9.06. The summed E-state index contributed by atoms with van der Waals surface area (Å²) >= 11 is 0. The van der Waals surface area contributed by atoms with Gasteiger partial charge in [0.1, 0.15) is 11.5 Å². The lowest BCUT2D eigenvalue weighted by atomic mass is 10.2. The normalized spacial score (nSPS) is 10.7. The molecule has 0 aliphatic rings. The molecule has 0 atom stereocenters. The van der Waals surface area contributed by atoms with Gasteiger partial charge in [0.15, 0.2) is 0 Å². The Morgan fingerprint density at radius 2 is 1.79 bits per heavy atom. The van der Waals surface area contributed by atoms with E-state index in [-0.39, 0.29) is 17.2 Å². The molecule has 0 aromatic heterocycles. The number of rotatable bonds is 3. The first-order valence-corrected chi connectivity index (χ1v) is 5.37. The third-order valence-corrected chi connectivity index (χ3v) is 2.43. The second-order valence-electron chi connectivity index (χ2n) is 3.77.